The molecule has 0 aliphatic carbocycles. The van der Waals surface area contributed by atoms with Crippen LogP contribution >= 0.6 is 0 Å². The molecule has 0 spiro atoms. The monoisotopic (exact) mass is 211 g/mol. The molecule has 0 aromatic heterocycles. The lowest BCUT2D eigenvalue weighted by molar-refractivity contribution is -0.113. The van der Waals surface area contributed by atoms with Crippen LogP contribution in [0.2, 0.25) is 0 Å². The fourth-order valence-electron chi connectivity index (χ4n) is 2.64. The summed E-state index contributed by atoms with van der Waals surface area (Å²) in [4.78, 5) is 13.4. The van der Waals surface area contributed by atoms with E-state index in [1.807, 2.05) is 0 Å². The van der Waals surface area contributed by atoms with E-state index in [9.17, 15) is 4.79 Å². The van der Waals surface area contributed by atoms with Crippen molar-refractivity contribution in [2.45, 2.75) is 59.0 Å². The maximum atomic E-state index is 10.8. The van der Waals surface area contributed by atoms with Gasteiger partial charge < -0.3 is 4.79 Å². The van der Waals surface area contributed by atoms with Gasteiger partial charge in [0.05, 0.1) is 0 Å². The van der Waals surface area contributed by atoms with Gasteiger partial charge in [-0.3, -0.25) is 4.90 Å². The van der Waals surface area contributed by atoms with Crippen molar-refractivity contribution >= 4 is 6.29 Å². The Bertz CT molecular complexity index is 191. The van der Waals surface area contributed by atoms with Gasteiger partial charge in [0, 0.05) is 18.0 Å². The first-order chi connectivity index (χ1) is 7.04. The molecule has 0 radical (unpaired) electrons. The number of piperidine rings is 1. The van der Waals surface area contributed by atoms with E-state index in [1.165, 1.54) is 13.0 Å². The lowest BCUT2D eigenvalue weighted by Gasteiger charge is -2.41. The Labute approximate surface area is 94.0 Å². The first-order valence-electron chi connectivity index (χ1n) is 6.25. The molecule has 1 rings (SSSR count). The molecule has 15 heavy (non-hydrogen) atoms. The van der Waals surface area contributed by atoms with E-state index in [2.05, 4.69) is 32.6 Å². The van der Waals surface area contributed by atoms with E-state index >= 15 is 0 Å². The van der Waals surface area contributed by atoms with Crippen molar-refractivity contribution in [1.82, 2.24) is 4.90 Å². The van der Waals surface area contributed by atoms with E-state index in [0.717, 1.165) is 25.0 Å². The number of hydrogen-bond acceptors (Lipinski definition) is 2. The van der Waals surface area contributed by atoms with Gasteiger partial charge in [-0.25, -0.2) is 0 Å². The molecule has 2 atom stereocenters. The molecule has 0 amide bonds. The van der Waals surface area contributed by atoms with Crippen molar-refractivity contribution in [3.63, 3.8) is 0 Å². The molecular formula is C13H25NO. The average Bonchev–Trinajstić information content (AvgIpc) is 2.15. The SMILES string of the molecule is CC(C)CCN1[C@@H](C)CC(C=O)C[C@@H]1C. The standard InChI is InChI=1S/C13H25NO/c1-10(2)5-6-14-11(3)7-13(9-15)8-12(14)4/h9-13H,5-8H2,1-4H3/t11-,12-/m0/s1. The fraction of sp³-hybridized carbons (Fsp3) is 0.923. The highest BCUT2D eigenvalue weighted by Crippen LogP contribution is 2.26. The number of likely N-dealkylation sites (tertiary alicyclic amines) is 1. The first kappa shape index (κ1) is 12.7. The Kier molecular flexibility index (Phi) is 4.78. The van der Waals surface area contributed by atoms with Crippen molar-refractivity contribution in [3.8, 4) is 0 Å². The highest BCUT2D eigenvalue weighted by atomic mass is 16.1. The number of hydrogen-bond donors (Lipinski definition) is 0. The topological polar surface area (TPSA) is 20.3 Å². The van der Waals surface area contributed by atoms with Crippen LogP contribution in [0.15, 0.2) is 0 Å². The Morgan fingerprint density at radius 1 is 1.27 bits per heavy atom. The maximum Gasteiger partial charge on any atom is 0.123 e. The molecule has 88 valence electrons. The zero-order valence-electron chi connectivity index (χ0n) is 10.6. The summed E-state index contributed by atoms with van der Waals surface area (Å²) in [5.74, 6) is 1.07. The Morgan fingerprint density at radius 2 is 1.80 bits per heavy atom. The Hall–Kier alpha value is -0.370. The molecule has 0 aromatic carbocycles. The van der Waals surface area contributed by atoms with E-state index in [-0.39, 0.29) is 0 Å². The predicted octanol–water partition coefficient (Wildman–Crippen LogP) is 2.72. The van der Waals surface area contributed by atoms with Crippen LogP contribution in [0.25, 0.3) is 0 Å². The van der Waals surface area contributed by atoms with Gasteiger partial charge in [-0.05, 0) is 45.6 Å². The highest BCUT2D eigenvalue weighted by molar-refractivity contribution is 5.53. The predicted molar refractivity (Wildman–Crippen MR) is 63.9 cm³/mol. The molecule has 0 bridgehead atoms. The molecule has 1 heterocycles. The van der Waals surface area contributed by atoms with Gasteiger partial charge in [-0.1, -0.05) is 13.8 Å². The second-order valence-electron chi connectivity index (χ2n) is 5.49. The molecule has 0 aromatic rings. The van der Waals surface area contributed by atoms with Gasteiger partial charge in [0.1, 0.15) is 6.29 Å². The third-order valence-corrected chi connectivity index (χ3v) is 3.58. The number of aldehydes is 1. The minimum atomic E-state index is 0.297. The zero-order valence-corrected chi connectivity index (χ0v) is 10.6. The van der Waals surface area contributed by atoms with Crippen molar-refractivity contribution in [3.05, 3.63) is 0 Å². The summed E-state index contributed by atoms with van der Waals surface area (Å²) < 4.78 is 0. The molecule has 0 unspecified atom stereocenters. The van der Waals surface area contributed by atoms with Crippen molar-refractivity contribution in [1.29, 1.82) is 0 Å². The normalized spacial score (nSPS) is 33.3. The number of carbonyl (C=O) groups excluding carboxylic acids is 1. The van der Waals surface area contributed by atoms with Gasteiger partial charge in [0.25, 0.3) is 0 Å². The van der Waals surface area contributed by atoms with E-state index in [1.54, 1.807) is 0 Å². The van der Waals surface area contributed by atoms with Crippen LogP contribution in [-0.4, -0.2) is 29.8 Å². The van der Waals surface area contributed by atoms with Crippen LogP contribution in [-0.2, 0) is 4.79 Å². The lowest BCUT2D eigenvalue weighted by atomic mass is 9.88. The largest absolute Gasteiger partial charge is 0.303 e. The van der Waals surface area contributed by atoms with Crippen molar-refractivity contribution in [2.75, 3.05) is 6.54 Å². The summed E-state index contributed by atoms with van der Waals surface area (Å²) in [6, 6.07) is 1.14. The quantitative estimate of drug-likeness (QED) is 0.666. The number of rotatable bonds is 4. The van der Waals surface area contributed by atoms with Gasteiger partial charge in [0.15, 0.2) is 0 Å². The smallest absolute Gasteiger partial charge is 0.123 e. The van der Waals surface area contributed by atoms with E-state index < -0.39 is 0 Å². The molecule has 1 fully saturated rings. The molecule has 1 aliphatic heterocycles. The van der Waals surface area contributed by atoms with E-state index in [0.29, 0.717) is 18.0 Å². The van der Waals surface area contributed by atoms with Gasteiger partial charge in [-0.2, -0.15) is 0 Å². The van der Waals surface area contributed by atoms with Gasteiger partial charge in [-0.15, -0.1) is 0 Å². The molecule has 2 heteroatoms. The summed E-state index contributed by atoms with van der Waals surface area (Å²) in [7, 11) is 0. The zero-order chi connectivity index (χ0) is 11.4. The second-order valence-corrected chi connectivity index (χ2v) is 5.49. The molecule has 1 aliphatic rings. The number of nitrogens with zero attached hydrogens (tertiary/aromatic N) is 1. The maximum absolute atomic E-state index is 10.8. The lowest BCUT2D eigenvalue weighted by Crippen LogP contribution is -2.47. The molecule has 0 N–H and O–H groups in total. The van der Waals surface area contributed by atoms with E-state index in [4.69, 9.17) is 0 Å². The summed E-state index contributed by atoms with van der Waals surface area (Å²) in [6.45, 7) is 10.2. The van der Waals surface area contributed by atoms with Crippen LogP contribution in [0, 0.1) is 11.8 Å². The summed E-state index contributed by atoms with van der Waals surface area (Å²) in [5.41, 5.74) is 0. The summed E-state index contributed by atoms with van der Waals surface area (Å²) >= 11 is 0. The average molecular weight is 211 g/mol. The van der Waals surface area contributed by atoms with Crippen LogP contribution in [0.1, 0.15) is 47.0 Å². The van der Waals surface area contributed by atoms with Crippen LogP contribution in [0.3, 0.4) is 0 Å². The molecule has 2 nitrogen and oxygen atoms in total. The third kappa shape index (κ3) is 3.60. The Balaban J connectivity index is 2.46. The van der Waals surface area contributed by atoms with Crippen LogP contribution in [0.5, 0.6) is 0 Å². The molecule has 1 saturated heterocycles. The fourth-order valence-corrected chi connectivity index (χ4v) is 2.64. The second kappa shape index (κ2) is 5.64. The summed E-state index contributed by atoms with van der Waals surface area (Å²) in [5, 5.41) is 0. The minimum absolute atomic E-state index is 0.297. The summed E-state index contributed by atoms with van der Waals surface area (Å²) in [6.07, 6.45) is 4.51. The number of carbonyl (C=O) groups is 1. The van der Waals surface area contributed by atoms with Gasteiger partial charge >= 0.3 is 0 Å². The third-order valence-electron chi connectivity index (χ3n) is 3.58. The molecule has 0 saturated carbocycles. The molecular weight excluding hydrogens is 186 g/mol. The van der Waals surface area contributed by atoms with Gasteiger partial charge in [0.2, 0.25) is 0 Å². The minimum Gasteiger partial charge on any atom is -0.303 e. The van der Waals surface area contributed by atoms with Crippen LogP contribution in [0.4, 0.5) is 0 Å². The van der Waals surface area contributed by atoms with Crippen LogP contribution < -0.4 is 0 Å². The Morgan fingerprint density at radius 3 is 2.20 bits per heavy atom. The van der Waals surface area contributed by atoms with Crippen molar-refractivity contribution < 1.29 is 4.79 Å². The highest BCUT2D eigenvalue weighted by Gasteiger charge is 2.30. The van der Waals surface area contributed by atoms with Crippen molar-refractivity contribution in [2.24, 2.45) is 11.8 Å². The first-order valence-corrected chi connectivity index (χ1v) is 6.25.